The van der Waals surface area contributed by atoms with Crippen LogP contribution in [0.25, 0.3) is 0 Å². The van der Waals surface area contributed by atoms with Crippen LogP contribution in [0.5, 0.6) is 0 Å². The van der Waals surface area contributed by atoms with E-state index in [2.05, 4.69) is 15.3 Å². The molecule has 0 atom stereocenters. The van der Waals surface area contributed by atoms with Crippen LogP contribution in [0, 0.1) is 0 Å². The smallest absolute Gasteiger partial charge is 0.173 e. The second-order valence-electron chi connectivity index (χ2n) is 3.87. The lowest BCUT2D eigenvalue weighted by atomic mass is 10.2. The summed E-state index contributed by atoms with van der Waals surface area (Å²) in [5.41, 5.74) is 0. The molecule has 0 radical (unpaired) electrons. The van der Waals surface area contributed by atoms with Crippen molar-refractivity contribution in [1.82, 2.24) is 9.97 Å². The maximum Gasteiger partial charge on any atom is 0.173 e. The van der Waals surface area contributed by atoms with Gasteiger partial charge in [-0.05, 0) is 0 Å². The molecule has 17 heavy (non-hydrogen) atoms. The van der Waals surface area contributed by atoms with Crippen LogP contribution in [-0.4, -0.2) is 37.0 Å². The van der Waals surface area contributed by atoms with Crippen molar-refractivity contribution in [2.75, 3.05) is 26.1 Å². The molecule has 1 heterocycles. The van der Waals surface area contributed by atoms with Gasteiger partial charge in [-0.3, -0.25) is 0 Å². The van der Waals surface area contributed by atoms with Crippen LogP contribution in [0.4, 0.5) is 5.82 Å². The summed E-state index contributed by atoms with van der Waals surface area (Å²) >= 11 is 5.92. The Labute approximate surface area is 107 Å². The van der Waals surface area contributed by atoms with Crippen LogP contribution in [0.1, 0.15) is 25.6 Å². The number of nitrogens with zero attached hydrogens (tertiary/aromatic N) is 2. The predicted octanol–water partition coefficient (Wildman–Crippen LogP) is 2.28. The lowest BCUT2D eigenvalue weighted by Gasteiger charge is -2.15. The largest absolute Gasteiger partial charge is 0.365 e. The zero-order valence-electron chi connectivity index (χ0n) is 10.5. The van der Waals surface area contributed by atoms with Gasteiger partial charge in [0.25, 0.3) is 0 Å². The standard InChI is InChI=1S/C11H18ClN3O2/c1-7(2)11-14-8(12)5-9(15-11)13-6-10(16-3)17-4/h5,7,10H,6H2,1-4H3,(H,13,14,15). The van der Waals surface area contributed by atoms with E-state index in [-0.39, 0.29) is 12.2 Å². The highest BCUT2D eigenvalue weighted by Crippen LogP contribution is 2.16. The molecule has 0 saturated heterocycles. The van der Waals surface area contributed by atoms with Crippen LogP contribution < -0.4 is 5.32 Å². The summed E-state index contributed by atoms with van der Waals surface area (Å²) in [6, 6.07) is 1.68. The van der Waals surface area contributed by atoms with Crippen molar-refractivity contribution in [3.8, 4) is 0 Å². The molecule has 0 aliphatic rings. The summed E-state index contributed by atoms with van der Waals surface area (Å²) in [7, 11) is 3.17. The molecular formula is C11H18ClN3O2. The minimum Gasteiger partial charge on any atom is -0.365 e. The number of methoxy groups -OCH3 is 2. The van der Waals surface area contributed by atoms with E-state index >= 15 is 0 Å². The maximum atomic E-state index is 5.92. The van der Waals surface area contributed by atoms with Crippen LogP contribution >= 0.6 is 11.6 Å². The van der Waals surface area contributed by atoms with Crippen molar-refractivity contribution < 1.29 is 9.47 Å². The molecule has 0 aliphatic heterocycles. The number of hydrogen-bond donors (Lipinski definition) is 1. The molecule has 0 spiro atoms. The normalized spacial score (nSPS) is 11.2. The average molecular weight is 260 g/mol. The van der Waals surface area contributed by atoms with Gasteiger partial charge in [-0.1, -0.05) is 25.4 Å². The van der Waals surface area contributed by atoms with E-state index in [1.165, 1.54) is 0 Å². The lowest BCUT2D eigenvalue weighted by molar-refractivity contribution is -0.0914. The fourth-order valence-electron chi connectivity index (χ4n) is 1.23. The van der Waals surface area contributed by atoms with Gasteiger partial charge in [-0.15, -0.1) is 0 Å². The number of ether oxygens (including phenoxy) is 2. The van der Waals surface area contributed by atoms with Gasteiger partial charge < -0.3 is 14.8 Å². The minimum atomic E-state index is -0.314. The Morgan fingerprint density at radius 2 is 1.94 bits per heavy atom. The minimum absolute atomic E-state index is 0.231. The monoisotopic (exact) mass is 259 g/mol. The van der Waals surface area contributed by atoms with E-state index in [4.69, 9.17) is 21.1 Å². The van der Waals surface area contributed by atoms with E-state index in [9.17, 15) is 0 Å². The summed E-state index contributed by atoms with van der Waals surface area (Å²) in [4.78, 5) is 8.51. The molecule has 96 valence electrons. The molecule has 0 aliphatic carbocycles. The second kappa shape index (κ2) is 6.74. The van der Waals surface area contributed by atoms with Gasteiger partial charge in [0.15, 0.2) is 6.29 Å². The average Bonchev–Trinajstić information content (AvgIpc) is 2.29. The molecule has 0 unspecified atom stereocenters. The predicted molar refractivity (Wildman–Crippen MR) is 67.4 cm³/mol. The van der Waals surface area contributed by atoms with Gasteiger partial charge >= 0.3 is 0 Å². The Balaban J connectivity index is 2.70. The van der Waals surface area contributed by atoms with E-state index < -0.39 is 0 Å². The summed E-state index contributed by atoms with van der Waals surface area (Å²) < 4.78 is 10.1. The number of aromatic nitrogens is 2. The molecule has 5 nitrogen and oxygen atoms in total. The lowest BCUT2D eigenvalue weighted by Crippen LogP contribution is -2.24. The highest BCUT2D eigenvalue weighted by Gasteiger charge is 2.09. The Kier molecular flexibility index (Phi) is 5.61. The van der Waals surface area contributed by atoms with Gasteiger partial charge in [0.05, 0.1) is 6.54 Å². The molecule has 0 bridgehead atoms. The van der Waals surface area contributed by atoms with E-state index in [0.29, 0.717) is 23.3 Å². The van der Waals surface area contributed by atoms with Crippen molar-refractivity contribution in [2.45, 2.75) is 26.1 Å². The van der Waals surface area contributed by atoms with Crippen molar-refractivity contribution in [3.63, 3.8) is 0 Å². The summed E-state index contributed by atoms with van der Waals surface area (Å²) in [5.74, 6) is 1.62. The molecule has 0 aromatic carbocycles. The molecule has 1 aromatic rings. The van der Waals surface area contributed by atoms with Crippen molar-refractivity contribution >= 4 is 17.4 Å². The molecule has 1 N–H and O–H groups in total. The quantitative estimate of drug-likeness (QED) is 0.627. The first-order valence-corrected chi connectivity index (χ1v) is 5.78. The van der Waals surface area contributed by atoms with E-state index in [1.54, 1.807) is 20.3 Å². The Hall–Kier alpha value is -0.910. The van der Waals surface area contributed by atoms with Crippen LogP contribution in [0.2, 0.25) is 5.15 Å². The number of halogens is 1. The number of anilines is 1. The SMILES string of the molecule is COC(CNc1cc(Cl)nc(C(C)C)n1)OC. The molecular weight excluding hydrogens is 242 g/mol. The molecule has 1 aromatic heterocycles. The summed E-state index contributed by atoms with van der Waals surface area (Å²) in [6.07, 6.45) is -0.314. The van der Waals surface area contributed by atoms with Crippen molar-refractivity contribution in [2.24, 2.45) is 0 Å². The highest BCUT2D eigenvalue weighted by molar-refractivity contribution is 6.29. The zero-order valence-corrected chi connectivity index (χ0v) is 11.3. The number of rotatable bonds is 6. The third-order valence-corrected chi connectivity index (χ3v) is 2.40. The third kappa shape index (κ3) is 4.46. The van der Waals surface area contributed by atoms with Gasteiger partial charge in [0.1, 0.15) is 16.8 Å². The molecule has 1 rings (SSSR count). The van der Waals surface area contributed by atoms with Gasteiger partial charge in [-0.2, -0.15) is 0 Å². The van der Waals surface area contributed by atoms with Crippen LogP contribution in [-0.2, 0) is 9.47 Å². The van der Waals surface area contributed by atoms with Crippen molar-refractivity contribution in [1.29, 1.82) is 0 Å². The van der Waals surface area contributed by atoms with Gasteiger partial charge in [0.2, 0.25) is 0 Å². The first kappa shape index (κ1) is 14.2. The fraction of sp³-hybridized carbons (Fsp3) is 0.636. The first-order valence-electron chi connectivity index (χ1n) is 5.40. The van der Waals surface area contributed by atoms with E-state index in [0.717, 1.165) is 0 Å². The molecule has 0 saturated carbocycles. The van der Waals surface area contributed by atoms with Crippen LogP contribution in [0.15, 0.2) is 6.07 Å². The van der Waals surface area contributed by atoms with Gasteiger partial charge in [-0.25, -0.2) is 9.97 Å². The van der Waals surface area contributed by atoms with Crippen LogP contribution in [0.3, 0.4) is 0 Å². The second-order valence-corrected chi connectivity index (χ2v) is 4.26. The summed E-state index contributed by atoms with van der Waals surface area (Å²) in [6.45, 7) is 4.53. The number of nitrogens with one attached hydrogen (secondary N) is 1. The maximum absolute atomic E-state index is 5.92. The number of hydrogen-bond acceptors (Lipinski definition) is 5. The summed E-state index contributed by atoms with van der Waals surface area (Å²) in [5, 5.41) is 3.53. The fourth-order valence-corrected chi connectivity index (χ4v) is 1.42. The Bertz CT molecular complexity index is 357. The first-order chi connectivity index (χ1) is 8.06. The Morgan fingerprint density at radius 3 is 2.47 bits per heavy atom. The molecule has 0 amide bonds. The zero-order chi connectivity index (χ0) is 12.8. The molecule has 6 heteroatoms. The van der Waals surface area contributed by atoms with Crippen molar-refractivity contribution in [3.05, 3.63) is 17.0 Å². The van der Waals surface area contributed by atoms with E-state index in [1.807, 2.05) is 13.8 Å². The highest BCUT2D eigenvalue weighted by atomic mass is 35.5. The third-order valence-electron chi connectivity index (χ3n) is 2.20. The topological polar surface area (TPSA) is 56.3 Å². The molecule has 0 fully saturated rings. The van der Waals surface area contributed by atoms with Gasteiger partial charge in [0, 0.05) is 26.2 Å². The Morgan fingerprint density at radius 1 is 1.29 bits per heavy atom.